The molecule has 0 atom stereocenters. The number of nitro benzene ring substituents is 1. The number of aromatic nitrogens is 1. The zero-order valence-electron chi connectivity index (χ0n) is 9.25. The van der Waals surface area contributed by atoms with E-state index in [1.165, 1.54) is 36.7 Å². The Morgan fingerprint density at radius 3 is 2.50 bits per heavy atom. The Labute approximate surface area is 101 Å². The van der Waals surface area contributed by atoms with Gasteiger partial charge in [0.05, 0.1) is 11.5 Å². The van der Waals surface area contributed by atoms with Crippen LogP contribution in [0.5, 0.6) is 0 Å². The number of nitro groups is 1. The van der Waals surface area contributed by atoms with E-state index in [0.717, 1.165) is 6.07 Å². The molecule has 1 aromatic heterocycles. The second-order valence-corrected chi connectivity index (χ2v) is 3.71. The maximum Gasteiger partial charge on any atom is 0.305 e. The maximum absolute atomic E-state index is 13.8. The van der Waals surface area contributed by atoms with Gasteiger partial charge < -0.3 is 4.57 Å². The summed E-state index contributed by atoms with van der Waals surface area (Å²) in [6.45, 7) is 0.133. The molecule has 6 heteroatoms. The smallest absolute Gasteiger partial charge is 0.305 e. The molecule has 0 saturated carbocycles. The van der Waals surface area contributed by atoms with Gasteiger partial charge in [-0.2, -0.15) is 4.39 Å². The monoisotopic (exact) mass is 248 g/mol. The lowest BCUT2D eigenvalue weighted by molar-refractivity contribution is -0.387. The van der Waals surface area contributed by atoms with Crippen LogP contribution >= 0.6 is 0 Å². The van der Waals surface area contributed by atoms with Crippen molar-refractivity contribution in [3.63, 3.8) is 0 Å². The molecule has 2 rings (SSSR count). The first kappa shape index (κ1) is 12.0. The molecule has 0 radical (unpaired) electrons. The molecule has 18 heavy (non-hydrogen) atoms. The summed E-state index contributed by atoms with van der Waals surface area (Å²) >= 11 is 0. The van der Waals surface area contributed by atoms with Crippen molar-refractivity contribution in [2.75, 3.05) is 0 Å². The number of nitrogens with zero attached hydrogens (tertiary/aromatic N) is 2. The lowest BCUT2D eigenvalue weighted by Crippen LogP contribution is -2.07. The van der Waals surface area contributed by atoms with Crippen LogP contribution in [0.2, 0.25) is 0 Å². The van der Waals surface area contributed by atoms with Crippen LogP contribution in [0.3, 0.4) is 0 Å². The SMILES string of the molecule is O=c1ccn(Cc2cccc([N+](=O)[O-])c2F)cc1. The number of hydrogen-bond acceptors (Lipinski definition) is 3. The maximum atomic E-state index is 13.8. The van der Waals surface area contributed by atoms with Crippen LogP contribution in [0, 0.1) is 15.9 Å². The Morgan fingerprint density at radius 1 is 1.22 bits per heavy atom. The zero-order chi connectivity index (χ0) is 13.1. The Hall–Kier alpha value is -2.50. The Morgan fingerprint density at radius 2 is 1.89 bits per heavy atom. The Balaban J connectivity index is 2.35. The van der Waals surface area contributed by atoms with Crippen molar-refractivity contribution < 1.29 is 9.31 Å². The van der Waals surface area contributed by atoms with Gasteiger partial charge in [-0.1, -0.05) is 12.1 Å². The van der Waals surface area contributed by atoms with Crippen LogP contribution in [0.25, 0.3) is 0 Å². The normalized spacial score (nSPS) is 10.3. The summed E-state index contributed by atoms with van der Waals surface area (Å²) in [5, 5.41) is 10.6. The molecule has 0 bridgehead atoms. The topological polar surface area (TPSA) is 65.1 Å². The van der Waals surface area contributed by atoms with Gasteiger partial charge in [-0.3, -0.25) is 14.9 Å². The standard InChI is InChI=1S/C12H9FN2O3/c13-12-9(2-1-3-11(12)15(17)18)8-14-6-4-10(16)5-7-14/h1-7H,8H2. The summed E-state index contributed by atoms with van der Waals surface area (Å²) < 4.78 is 15.3. The fourth-order valence-electron chi connectivity index (χ4n) is 1.58. The molecule has 0 fully saturated rings. The fourth-order valence-corrected chi connectivity index (χ4v) is 1.58. The molecule has 0 aliphatic carbocycles. The van der Waals surface area contributed by atoms with Crippen molar-refractivity contribution in [3.8, 4) is 0 Å². The first-order valence-corrected chi connectivity index (χ1v) is 5.16. The van der Waals surface area contributed by atoms with Crippen LogP contribution in [0.4, 0.5) is 10.1 Å². The molecule has 1 heterocycles. The molecule has 2 aromatic rings. The van der Waals surface area contributed by atoms with Gasteiger partial charge in [-0.15, -0.1) is 0 Å². The highest BCUT2D eigenvalue weighted by Gasteiger charge is 2.16. The van der Waals surface area contributed by atoms with Crippen molar-refractivity contribution in [1.29, 1.82) is 0 Å². The summed E-state index contributed by atoms with van der Waals surface area (Å²) in [4.78, 5) is 20.7. The second kappa shape index (κ2) is 4.79. The minimum Gasteiger partial charge on any atom is -0.350 e. The van der Waals surface area contributed by atoms with Crippen LogP contribution in [0.1, 0.15) is 5.56 Å². The van der Waals surface area contributed by atoms with E-state index in [1.807, 2.05) is 0 Å². The quantitative estimate of drug-likeness (QED) is 0.616. The molecule has 0 amide bonds. The third-order valence-corrected chi connectivity index (χ3v) is 2.47. The molecule has 0 saturated heterocycles. The minimum absolute atomic E-state index is 0.133. The summed E-state index contributed by atoms with van der Waals surface area (Å²) in [5.41, 5.74) is -0.493. The van der Waals surface area contributed by atoms with E-state index in [0.29, 0.717) is 0 Å². The van der Waals surface area contributed by atoms with Crippen molar-refractivity contribution in [3.05, 3.63) is 74.4 Å². The zero-order valence-corrected chi connectivity index (χ0v) is 9.25. The average Bonchev–Trinajstić information content (AvgIpc) is 2.34. The first-order valence-electron chi connectivity index (χ1n) is 5.16. The van der Waals surface area contributed by atoms with Crippen molar-refractivity contribution in [2.45, 2.75) is 6.54 Å². The third-order valence-electron chi connectivity index (χ3n) is 2.47. The molecule has 0 unspecified atom stereocenters. The van der Waals surface area contributed by atoms with Crippen molar-refractivity contribution >= 4 is 5.69 Å². The van der Waals surface area contributed by atoms with Crippen LogP contribution in [-0.2, 0) is 6.54 Å². The van der Waals surface area contributed by atoms with Gasteiger partial charge >= 0.3 is 5.69 Å². The number of halogens is 1. The molecule has 0 aliphatic rings. The summed E-state index contributed by atoms with van der Waals surface area (Å²) in [5.74, 6) is -0.846. The largest absolute Gasteiger partial charge is 0.350 e. The summed E-state index contributed by atoms with van der Waals surface area (Å²) in [7, 11) is 0. The average molecular weight is 248 g/mol. The highest BCUT2D eigenvalue weighted by molar-refractivity contribution is 5.36. The molecular formula is C12H9FN2O3. The van der Waals surface area contributed by atoms with Gasteiger partial charge in [0.2, 0.25) is 5.82 Å². The van der Waals surface area contributed by atoms with E-state index < -0.39 is 16.4 Å². The van der Waals surface area contributed by atoms with E-state index in [2.05, 4.69) is 0 Å². The molecular weight excluding hydrogens is 239 g/mol. The van der Waals surface area contributed by atoms with Gasteiger partial charge in [-0.05, 0) is 0 Å². The van der Waals surface area contributed by atoms with Crippen molar-refractivity contribution in [1.82, 2.24) is 4.57 Å². The Bertz CT molecular complexity index is 632. The van der Waals surface area contributed by atoms with Gasteiger partial charge in [0, 0.05) is 36.2 Å². The van der Waals surface area contributed by atoms with E-state index in [4.69, 9.17) is 0 Å². The molecule has 92 valence electrons. The highest BCUT2D eigenvalue weighted by Crippen LogP contribution is 2.20. The highest BCUT2D eigenvalue weighted by atomic mass is 19.1. The van der Waals surface area contributed by atoms with Gasteiger partial charge in [0.15, 0.2) is 5.43 Å². The van der Waals surface area contributed by atoms with E-state index >= 15 is 0 Å². The van der Waals surface area contributed by atoms with Gasteiger partial charge in [0.1, 0.15) is 0 Å². The first-order chi connectivity index (χ1) is 8.58. The van der Waals surface area contributed by atoms with E-state index in [-0.39, 0.29) is 17.5 Å². The molecule has 5 nitrogen and oxygen atoms in total. The number of rotatable bonds is 3. The molecule has 0 aliphatic heterocycles. The molecule has 1 aromatic carbocycles. The summed E-state index contributed by atoms with van der Waals surface area (Å²) in [6, 6.07) is 6.70. The van der Waals surface area contributed by atoms with Gasteiger partial charge in [-0.25, -0.2) is 0 Å². The minimum atomic E-state index is -0.846. The molecule has 0 spiro atoms. The predicted molar refractivity (Wildman–Crippen MR) is 62.9 cm³/mol. The van der Waals surface area contributed by atoms with Crippen LogP contribution < -0.4 is 5.43 Å². The van der Waals surface area contributed by atoms with Crippen molar-refractivity contribution in [2.24, 2.45) is 0 Å². The van der Waals surface area contributed by atoms with E-state index in [9.17, 15) is 19.3 Å². The van der Waals surface area contributed by atoms with Crippen LogP contribution in [0.15, 0.2) is 47.5 Å². The molecule has 0 N–H and O–H groups in total. The van der Waals surface area contributed by atoms with Gasteiger partial charge in [0.25, 0.3) is 0 Å². The third kappa shape index (κ3) is 2.42. The number of pyridine rings is 1. The lowest BCUT2D eigenvalue weighted by Gasteiger charge is -2.06. The number of benzene rings is 1. The van der Waals surface area contributed by atoms with Crippen LogP contribution in [-0.4, -0.2) is 9.49 Å². The summed E-state index contributed by atoms with van der Waals surface area (Å²) in [6.07, 6.45) is 3.00. The Kier molecular flexibility index (Phi) is 3.18. The fraction of sp³-hybridized carbons (Fsp3) is 0.0833. The number of hydrogen-bond donors (Lipinski definition) is 0. The second-order valence-electron chi connectivity index (χ2n) is 3.71. The predicted octanol–water partition coefficient (Wildman–Crippen LogP) is 1.94. The van der Waals surface area contributed by atoms with E-state index in [1.54, 1.807) is 4.57 Å². The lowest BCUT2D eigenvalue weighted by atomic mass is 10.2.